The zero-order valence-corrected chi connectivity index (χ0v) is 19.3. The minimum atomic E-state index is -0.437. The average Bonchev–Trinajstić information content (AvgIpc) is 3.29. The van der Waals surface area contributed by atoms with Crippen LogP contribution in [0.3, 0.4) is 0 Å². The third kappa shape index (κ3) is 5.61. The number of aryl methyl sites for hydroxylation is 1. The van der Waals surface area contributed by atoms with Gasteiger partial charge in [0.15, 0.2) is 16.1 Å². The molecule has 0 spiro atoms. The predicted octanol–water partition coefficient (Wildman–Crippen LogP) is 3.55. The van der Waals surface area contributed by atoms with Crippen LogP contribution in [0.2, 0.25) is 0 Å². The highest BCUT2D eigenvalue weighted by Gasteiger charge is 2.18. The van der Waals surface area contributed by atoms with Crippen molar-refractivity contribution in [3.05, 3.63) is 34.8 Å². The van der Waals surface area contributed by atoms with E-state index in [1.54, 1.807) is 13.8 Å². The molecule has 0 aliphatic heterocycles. The minimum absolute atomic E-state index is 0.128. The second kappa shape index (κ2) is 10.4. The van der Waals surface area contributed by atoms with Crippen LogP contribution in [0.25, 0.3) is 11.4 Å². The molecule has 31 heavy (non-hydrogen) atoms. The van der Waals surface area contributed by atoms with Crippen molar-refractivity contribution in [3.63, 3.8) is 0 Å². The summed E-state index contributed by atoms with van der Waals surface area (Å²) in [6.45, 7) is 6.27. The summed E-state index contributed by atoms with van der Waals surface area (Å²) in [6.07, 6.45) is 0. The predicted molar refractivity (Wildman–Crippen MR) is 120 cm³/mol. The van der Waals surface area contributed by atoms with E-state index in [0.29, 0.717) is 33.3 Å². The van der Waals surface area contributed by atoms with Gasteiger partial charge in [-0.15, -0.1) is 10.2 Å². The lowest BCUT2D eigenvalue weighted by Gasteiger charge is -2.06. The van der Waals surface area contributed by atoms with Gasteiger partial charge in [-0.05, 0) is 45.0 Å². The second-order valence-corrected chi connectivity index (χ2v) is 8.26. The number of amides is 1. The molecule has 3 rings (SSSR count). The first kappa shape index (κ1) is 22.8. The molecule has 0 saturated carbocycles. The highest BCUT2D eigenvalue weighted by molar-refractivity contribution is 7.99. The molecular weight excluding hydrogens is 438 g/mol. The van der Waals surface area contributed by atoms with Crippen LogP contribution < -0.4 is 10.1 Å². The summed E-state index contributed by atoms with van der Waals surface area (Å²) in [5.74, 6) is 0.930. The Balaban J connectivity index is 1.60. The zero-order chi connectivity index (χ0) is 22.4. The summed E-state index contributed by atoms with van der Waals surface area (Å²) < 4.78 is 12.3. The number of rotatable bonds is 9. The first-order chi connectivity index (χ1) is 14.9. The number of esters is 1. The van der Waals surface area contributed by atoms with Crippen LogP contribution in [0.1, 0.15) is 29.2 Å². The van der Waals surface area contributed by atoms with E-state index in [9.17, 15) is 9.59 Å². The molecule has 9 nitrogen and oxygen atoms in total. The van der Waals surface area contributed by atoms with Crippen molar-refractivity contribution < 1.29 is 19.1 Å². The molecule has 1 amide bonds. The van der Waals surface area contributed by atoms with Crippen molar-refractivity contribution in [2.24, 2.45) is 7.05 Å². The van der Waals surface area contributed by atoms with Crippen molar-refractivity contribution in [1.29, 1.82) is 0 Å². The van der Waals surface area contributed by atoms with E-state index in [-0.39, 0.29) is 18.3 Å². The molecular formula is C20H23N5O4S2. The van der Waals surface area contributed by atoms with E-state index in [1.807, 2.05) is 42.8 Å². The first-order valence-electron chi connectivity index (χ1n) is 9.62. The highest BCUT2D eigenvalue weighted by Crippen LogP contribution is 2.26. The molecule has 0 saturated heterocycles. The van der Waals surface area contributed by atoms with Crippen LogP contribution in [0, 0.1) is 6.92 Å². The Morgan fingerprint density at radius 2 is 1.90 bits per heavy atom. The summed E-state index contributed by atoms with van der Waals surface area (Å²) in [4.78, 5) is 28.8. The Labute approximate surface area is 188 Å². The normalized spacial score (nSPS) is 10.7. The minimum Gasteiger partial charge on any atom is -0.494 e. The summed E-state index contributed by atoms with van der Waals surface area (Å²) in [5, 5.41) is 12.1. The number of anilines is 1. The molecule has 11 heteroatoms. The lowest BCUT2D eigenvalue weighted by Crippen LogP contribution is -2.14. The molecule has 2 heterocycles. The highest BCUT2D eigenvalue weighted by atomic mass is 32.2. The molecule has 164 valence electrons. The van der Waals surface area contributed by atoms with E-state index in [4.69, 9.17) is 9.47 Å². The van der Waals surface area contributed by atoms with Gasteiger partial charge >= 0.3 is 5.97 Å². The Morgan fingerprint density at radius 1 is 1.16 bits per heavy atom. The Kier molecular flexibility index (Phi) is 7.64. The lowest BCUT2D eigenvalue weighted by molar-refractivity contribution is -0.113. The van der Waals surface area contributed by atoms with Crippen molar-refractivity contribution in [1.82, 2.24) is 19.7 Å². The number of ether oxygens (including phenoxy) is 2. The van der Waals surface area contributed by atoms with Crippen LogP contribution in [-0.4, -0.2) is 50.6 Å². The molecule has 0 aliphatic rings. The Morgan fingerprint density at radius 3 is 2.58 bits per heavy atom. The molecule has 1 aromatic carbocycles. The van der Waals surface area contributed by atoms with Gasteiger partial charge < -0.3 is 19.4 Å². The first-order valence-corrected chi connectivity index (χ1v) is 11.4. The Hall–Kier alpha value is -2.92. The topological polar surface area (TPSA) is 108 Å². The third-order valence-corrected chi connectivity index (χ3v) is 6.17. The maximum atomic E-state index is 12.3. The zero-order valence-electron chi connectivity index (χ0n) is 17.7. The maximum absolute atomic E-state index is 12.3. The number of hydrogen-bond acceptors (Lipinski definition) is 9. The number of hydrogen-bond donors (Lipinski definition) is 1. The van der Waals surface area contributed by atoms with E-state index >= 15 is 0 Å². The molecule has 0 bridgehead atoms. The fourth-order valence-electron chi connectivity index (χ4n) is 2.68. The number of thioether (sulfide) groups is 1. The van der Waals surface area contributed by atoms with Gasteiger partial charge in [0, 0.05) is 12.6 Å². The van der Waals surface area contributed by atoms with Crippen LogP contribution in [0.4, 0.5) is 5.13 Å². The summed E-state index contributed by atoms with van der Waals surface area (Å²) in [6, 6.07) is 7.60. The molecule has 0 fully saturated rings. The van der Waals surface area contributed by atoms with Crippen molar-refractivity contribution in [3.8, 4) is 17.1 Å². The van der Waals surface area contributed by atoms with Crippen LogP contribution in [-0.2, 0) is 16.6 Å². The number of aromatic nitrogens is 4. The second-order valence-electron chi connectivity index (χ2n) is 6.31. The standard InChI is InChI=1S/C20H23N5O4S2/c1-5-28-14-9-7-13(8-10-14)17-23-24-20(25(17)4)30-11-15(26)22-19-21-12(3)16(31-19)18(27)29-6-2/h7-10H,5-6,11H2,1-4H3,(H,21,22,26). The van der Waals surface area contributed by atoms with Gasteiger partial charge in [0.05, 0.1) is 24.7 Å². The van der Waals surface area contributed by atoms with E-state index < -0.39 is 5.97 Å². The number of nitrogens with zero attached hydrogens (tertiary/aromatic N) is 4. The van der Waals surface area contributed by atoms with E-state index in [2.05, 4.69) is 20.5 Å². The van der Waals surface area contributed by atoms with Crippen LogP contribution in [0.5, 0.6) is 5.75 Å². The van der Waals surface area contributed by atoms with Gasteiger partial charge in [0.2, 0.25) is 5.91 Å². The smallest absolute Gasteiger partial charge is 0.350 e. The van der Waals surface area contributed by atoms with E-state index in [1.165, 1.54) is 11.8 Å². The lowest BCUT2D eigenvalue weighted by atomic mass is 10.2. The number of thiazole rings is 1. The number of carbonyl (C=O) groups excluding carboxylic acids is 2. The van der Waals surface area contributed by atoms with E-state index in [0.717, 1.165) is 22.6 Å². The fraction of sp³-hybridized carbons (Fsp3) is 0.350. The van der Waals surface area contributed by atoms with Gasteiger partial charge in [-0.3, -0.25) is 4.79 Å². The largest absolute Gasteiger partial charge is 0.494 e. The van der Waals surface area contributed by atoms with Gasteiger partial charge in [-0.25, -0.2) is 9.78 Å². The molecule has 3 aromatic rings. The Bertz CT molecular complexity index is 1060. The van der Waals surface area contributed by atoms with Crippen molar-refractivity contribution in [2.75, 3.05) is 24.3 Å². The average molecular weight is 462 g/mol. The summed E-state index contributed by atoms with van der Waals surface area (Å²) in [5.41, 5.74) is 1.43. The molecule has 0 radical (unpaired) electrons. The van der Waals surface area contributed by atoms with Crippen LogP contribution >= 0.6 is 23.1 Å². The molecule has 0 atom stereocenters. The van der Waals surface area contributed by atoms with Gasteiger partial charge in [0.25, 0.3) is 0 Å². The number of carbonyl (C=O) groups is 2. The van der Waals surface area contributed by atoms with Gasteiger partial charge in [-0.1, -0.05) is 23.1 Å². The third-order valence-electron chi connectivity index (χ3n) is 4.09. The van der Waals surface area contributed by atoms with Gasteiger partial charge in [0.1, 0.15) is 10.6 Å². The molecule has 2 aromatic heterocycles. The number of benzene rings is 1. The molecule has 0 aliphatic carbocycles. The maximum Gasteiger partial charge on any atom is 0.350 e. The summed E-state index contributed by atoms with van der Waals surface area (Å²) >= 11 is 2.36. The molecule has 1 N–H and O–H groups in total. The summed E-state index contributed by atoms with van der Waals surface area (Å²) in [7, 11) is 1.85. The quantitative estimate of drug-likeness (QED) is 0.381. The van der Waals surface area contributed by atoms with Crippen molar-refractivity contribution in [2.45, 2.75) is 25.9 Å². The fourth-order valence-corrected chi connectivity index (χ4v) is 4.27. The molecule has 0 unspecified atom stereocenters. The SMILES string of the molecule is CCOC(=O)c1sc(NC(=O)CSc2nnc(-c3ccc(OCC)cc3)n2C)nc1C. The van der Waals surface area contributed by atoms with Crippen molar-refractivity contribution >= 4 is 40.1 Å². The van der Waals surface area contributed by atoms with Crippen LogP contribution in [0.15, 0.2) is 29.4 Å². The van der Waals surface area contributed by atoms with Gasteiger partial charge in [-0.2, -0.15) is 0 Å². The number of nitrogens with one attached hydrogen (secondary N) is 1. The monoisotopic (exact) mass is 461 g/mol.